The van der Waals surface area contributed by atoms with Crippen LogP contribution in [0, 0.1) is 5.82 Å². The molecule has 1 unspecified atom stereocenters. The summed E-state index contributed by atoms with van der Waals surface area (Å²) >= 11 is 0. The lowest BCUT2D eigenvalue weighted by Gasteiger charge is -2.16. The molecule has 1 atom stereocenters. The van der Waals surface area contributed by atoms with Gasteiger partial charge in [-0.1, -0.05) is 12.1 Å². The molecule has 0 saturated heterocycles. The summed E-state index contributed by atoms with van der Waals surface area (Å²) in [6, 6.07) is 4.11. The van der Waals surface area contributed by atoms with Gasteiger partial charge in [-0.05, 0) is 13.0 Å². The zero-order valence-corrected chi connectivity index (χ0v) is 8.51. The molecule has 90 valence electrons. The van der Waals surface area contributed by atoms with Gasteiger partial charge in [0.05, 0.1) is 12.3 Å². The minimum Gasteiger partial charge on any atom is -0.396 e. The Hall–Kier alpha value is -1.30. The van der Waals surface area contributed by atoms with Gasteiger partial charge in [-0.25, -0.2) is 4.39 Å². The second kappa shape index (κ2) is 4.69. The summed E-state index contributed by atoms with van der Waals surface area (Å²) in [5, 5.41) is 0. The maximum Gasteiger partial charge on any atom is 0.414 e. The van der Waals surface area contributed by atoms with Gasteiger partial charge >= 0.3 is 6.18 Å². The molecular weight excluding hydrogens is 226 g/mol. The summed E-state index contributed by atoms with van der Waals surface area (Å²) < 4.78 is 54.0. The van der Waals surface area contributed by atoms with Crippen LogP contribution in [0.4, 0.5) is 23.2 Å². The maximum atomic E-state index is 13.3. The first-order chi connectivity index (χ1) is 7.32. The van der Waals surface area contributed by atoms with Gasteiger partial charge < -0.3 is 10.5 Å². The molecular formula is C10H11F4NO. The zero-order valence-electron chi connectivity index (χ0n) is 8.51. The minimum atomic E-state index is -4.45. The van der Waals surface area contributed by atoms with E-state index in [1.807, 2.05) is 0 Å². The minimum absolute atomic E-state index is 0.0103. The summed E-state index contributed by atoms with van der Waals surface area (Å²) in [4.78, 5) is 0. The topological polar surface area (TPSA) is 35.2 Å². The first kappa shape index (κ1) is 12.8. The van der Waals surface area contributed by atoms with Crippen molar-refractivity contribution < 1.29 is 22.3 Å². The molecule has 0 spiro atoms. The largest absolute Gasteiger partial charge is 0.414 e. The molecule has 16 heavy (non-hydrogen) atoms. The van der Waals surface area contributed by atoms with E-state index in [-0.39, 0.29) is 11.3 Å². The van der Waals surface area contributed by atoms with Crippen LogP contribution in [0.5, 0.6) is 0 Å². The average Bonchev–Trinajstić information content (AvgIpc) is 2.18. The Labute approximate surface area is 90.0 Å². The summed E-state index contributed by atoms with van der Waals surface area (Å²) in [5.41, 5.74) is 5.16. The number of hydrogen-bond donors (Lipinski definition) is 1. The molecule has 0 heterocycles. The maximum absolute atomic E-state index is 13.3. The van der Waals surface area contributed by atoms with Crippen molar-refractivity contribution in [1.29, 1.82) is 0 Å². The van der Waals surface area contributed by atoms with Crippen LogP contribution in [-0.2, 0) is 11.3 Å². The van der Waals surface area contributed by atoms with Crippen LogP contribution >= 0.6 is 0 Å². The van der Waals surface area contributed by atoms with Crippen LogP contribution in [0.15, 0.2) is 18.2 Å². The van der Waals surface area contributed by atoms with Gasteiger partial charge in [-0.3, -0.25) is 0 Å². The molecule has 1 rings (SSSR count). The smallest absolute Gasteiger partial charge is 0.396 e. The molecule has 1 aromatic rings. The molecule has 0 aliphatic heterocycles. The third kappa shape index (κ3) is 3.10. The number of anilines is 1. The van der Waals surface area contributed by atoms with Gasteiger partial charge in [0.15, 0.2) is 11.9 Å². The van der Waals surface area contributed by atoms with E-state index < -0.39 is 24.7 Å². The molecule has 0 radical (unpaired) electrons. The highest BCUT2D eigenvalue weighted by Crippen LogP contribution is 2.24. The fourth-order valence-corrected chi connectivity index (χ4v) is 1.02. The number of hydrogen-bond acceptors (Lipinski definition) is 2. The summed E-state index contributed by atoms with van der Waals surface area (Å²) in [7, 11) is 0. The van der Waals surface area contributed by atoms with Crippen molar-refractivity contribution in [2.45, 2.75) is 25.8 Å². The van der Waals surface area contributed by atoms with E-state index in [9.17, 15) is 17.6 Å². The quantitative estimate of drug-likeness (QED) is 0.648. The normalized spacial score (nSPS) is 13.8. The molecule has 6 heteroatoms. The highest BCUT2D eigenvalue weighted by atomic mass is 19.4. The Morgan fingerprint density at radius 2 is 2.00 bits per heavy atom. The zero-order chi connectivity index (χ0) is 12.3. The highest BCUT2D eigenvalue weighted by Gasteiger charge is 2.36. The highest BCUT2D eigenvalue weighted by molar-refractivity contribution is 5.42. The van der Waals surface area contributed by atoms with E-state index in [2.05, 4.69) is 4.74 Å². The van der Waals surface area contributed by atoms with Crippen LogP contribution in [0.2, 0.25) is 0 Å². The third-order valence-corrected chi connectivity index (χ3v) is 2.06. The van der Waals surface area contributed by atoms with Crippen molar-refractivity contribution in [3.63, 3.8) is 0 Å². The van der Waals surface area contributed by atoms with Gasteiger partial charge in [-0.15, -0.1) is 0 Å². The Bertz CT molecular complexity index is 364. The van der Waals surface area contributed by atoms with Crippen molar-refractivity contribution in [1.82, 2.24) is 0 Å². The standard InChI is InChI=1S/C10H11F4NO/c1-6(10(12,13)14)16-5-7-3-2-4-8(15)9(7)11/h2-4,6H,5,15H2,1H3. The SMILES string of the molecule is CC(OCc1cccc(N)c1F)C(F)(F)F. The summed E-state index contributed by atoms with van der Waals surface area (Å²) in [5.74, 6) is -0.739. The lowest BCUT2D eigenvalue weighted by molar-refractivity contribution is -0.217. The van der Waals surface area contributed by atoms with Crippen molar-refractivity contribution in [2.75, 3.05) is 5.73 Å². The van der Waals surface area contributed by atoms with Gasteiger partial charge in [0.2, 0.25) is 0 Å². The molecule has 0 aromatic heterocycles. The van der Waals surface area contributed by atoms with E-state index in [1.54, 1.807) is 0 Å². The van der Waals surface area contributed by atoms with E-state index >= 15 is 0 Å². The van der Waals surface area contributed by atoms with E-state index in [1.165, 1.54) is 18.2 Å². The Morgan fingerprint density at radius 3 is 2.56 bits per heavy atom. The first-order valence-electron chi connectivity index (χ1n) is 4.53. The van der Waals surface area contributed by atoms with E-state index in [0.717, 1.165) is 6.92 Å². The molecule has 0 fully saturated rings. The van der Waals surface area contributed by atoms with Crippen LogP contribution in [0.1, 0.15) is 12.5 Å². The molecule has 0 amide bonds. The lowest BCUT2D eigenvalue weighted by Crippen LogP contribution is -2.28. The number of ether oxygens (including phenoxy) is 1. The predicted octanol–water partition coefficient (Wildman–Crippen LogP) is 2.88. The first-order valence-corrected chi connectivity index (χ1v) is 4.53. The number of benzene rings is 1. The monoisotopic (exact) mass is 237 g/mol. The fraction of sp³-hybridized carbons (Fsp3) is 0.400. The second-order valence-electron chi connectivity index (χ2n) is 3.32. The van der Waals surface area contributed by atoms with Crippen LogP contribution < -0.4 is 5.73 Å². The lowest BCUT2D eigenvalue weighted by atomic mass is 10.2. The number of nitrogen functional groups attached to an aromatic ring is 1. The number of nitrogens with two attached hydrogens (primary N) is 1. The van der Waals surface area contributed by atoms with Crippen molar-refractivity contribution >= 4 is 5.69 Å². The molecule has 0 aliphatic carbocycles. The number of alkyl halides is 3. The fourth-order valence-electron chi connectivity index (χ4n) is 1.02. The van der Waals surface area contributed by atoms with E-state index in [4.69, 9.17) is 5.73 Å². The van der Waals surface area contributed by atoms with Crippen LogP contribution in [0.25, 0.3) is 0 Å². The van der Waals surface area contributed by atoms with Gasteiger partial charge in [0.1, 0.15) is 0 Å². The van der Waals surface area contributed by atoms with Crippen LogP contribution in [-0.4, -0.2) is 12.3 Å². The number of rotatable bonds is 3. The molecule has 0 aliphatic rings. The van der Waals surface area contributed by atoms with Crippen LogP contribution in [0.3, 0.4) is 0 Å². The Balaban J connectivity index is 2.65. The summed E-state index contributed by atoms with van der Waals surface area (Å²) in [6.45, 7) is 0.405. The van der Waals surface area contributed by atoms with Gasteiger partial charge in [0, 0.05) is 5.56 Å². The second-order valence-corrected chi connectivity index (χ2v) is 3.32. The van der Waals surface area contributed by atoms with Crippen molar-refractivity contribution in [3.05, 3.63) is 29.6 Å². The third-order valence-electron chi connectivity index (χ3n) is 2.06. The van der Waals surface area contributed by atoms with Crippen molar-refractivity contribution in [3.8, 4) is 0 Å². The molecule has 0 bridgehead atoms. The van der Waals surface area contributed by atoms with Crippen molar-refractivity contribution in [2.24, 2.45) is 0 Å². The molecule has 1 aromatic carbocycles. The van der Waals surface area contributed by atoms with Gasteiger partial charge in [-0.2, -0.15) is 13.2 Å². The Kier molecular flexibility index (Phi) is 3.74. The molecule has 0 saturated carbocycles. The average molecular weight is 237 g/mol. The van der Waals surface area contributed by atoms with Gasteiger partial charge in [0.25, 0.3) is 0 Å². The predicted molar refractivity (Wildman–Crippen MR) is 51.1 cm³/mol. The molecule has 2 nitrogen and oxygen atoms in total. The Morgan fingerprint density at radius 1 is 1.38 bits per heavy atom. The summed E-state index contributed by atoms with van der Waals surface area (Å²) in [6.07, 6.45) is -6.38. The van der Waals surface area contributed by atoms with E-state index in [0.29, 0.717) is 0 Å². The molecule has 2 N–H and O–H groups in total. The number of halogens is 4.